The molecule has 0 aliphatic heterocycles. The molecule has 0 radical (unpaired) electrons. The van der Waals surface area contributed by atoms with E-state index in [1.807, 2.05) is 52.2 Å². The van der Waals surface area contributed by atoms with E-state index in [2.05, 4.69) is 43.0 Å². The van der Waals surface area contributed by atoms with E-state index in [0.29, 0.717) is 38.3 Å². The quantitative estimate of drug-likeness (QED) is 0.109. The van der Waals surface area contributed by atoms with Gasteiger partial charge in [-0.1, -0.05) is 56.4 Å². The smallest absolute Gasteiger partial charge is 0.407 e. The summed E-state index contributed by atoms with van der Waals surface area (Å²) >= 11 is 0. The van der Waals surface area contributed by atoms with Gasteiger partial charge >= 0.3 is 6.09 Å². The molecule has 3 rings (SSSR count). The molecule has 1 aliphatic rings. The molecule has 1 heterocycles. The summed E-state index contributed by atoms with van der Waals surface area (Å²) in [6.45, 7) is 14.9. The lowest BCUT2D eigenvalue weighted by Crippen LogP contribution is -2.56. The number of benzene rings is 1. The average molecular weight is 753 g/mol. The van der Waals surface area contributed by atoms with Crippen LogP contribution >= 0.6 is 0 Å². The van der Waals surface area contributed by atoms with E-state index in [4.69, 9.17) is 9.47 Å². The van der Waals surface area contributed by atoms with Gasteiger partial charge in [-0.15, -0.1) is 0 Å². The summed E-state index contributed by atoms with van der Waals surface area (Å²) in [6.07, 6.45) is 15.1. The molecule has 12 heteroatoms. The molecular weight excluding hydrogens is 684 g/mol. The maximum Gasteiger partial charge on any atom is 0.407 e. The Balaban J connectivity index is 1.57. The van der Waals surface area contributed by atoms with E-state index in [9.17, 15) is 19.2 Å². The van der Waals surface area contributed by atoms with E-state index in [-0.39, 0.29) is 24.8 Å². The number of nitrogens with zero attached hydrogens (tertiary/aromatic N) is 2. The molecule has 4 N–H and O–H groups in total. The second-order valence-electron chi connectivity index (χ2n) is 16.7. The number of rotatable bonds is 21. The topological polar surface area (TPSA) is 153 Å². The van der Waals surface area contributed by atoms with Crippen LogP contribution < -0.4 is 21.3 Å². The molecular formula is C42H68N6O6. The Labute approximate surface area is 323 Å². The number of amides is 4. The van der Waals surface area contributed by atoms with Gasteiger partial charge in [0.15, 0.2) is 0 Å². The molecule has 2 atom stereocenters. The zero-order valence-corrected chi connectivity index (χ0v) is 34.1. The zero-order valence-electron chi connectivity index (χ0n) is 34.1. The number of aryl methyl sites for hydroxylation is 3. The molecule has 1 saturated carbocycles. The summed E-state index contributed by atoms with van der Waals surface area (Å²) in [7, 11) is 0. The molecule has 0 unspecified atom stereocenters. The standard InChI is InChI=1S/C42H68N6O6/c1-31-43-26-28-48(31)27-14-12-17-33-19-21-34(22-20-33)29-37(49)46-36(30-53-41(2,3)4)39(51)47-35(18-11-13-24-45-40(52)54-42(5,6)7)38(50)44-25-23-32-15-9-8-10-16-32/h19-22,26,28,32,35-36H,8-18,23-25,27,29-30H2,1-7H3,(H,44,50)(H,45,52)(H,46,49)(H,47,51)/t35-,36-/m0/s1. The lowest BCUT2D eigenvalue weighted by atomic mass is 9.87. The Kier molecular flexibility index (Phi) is 18.5. The van der Waals surface area contributed by atoms with Gasteiger partial charge in [-0.2, -0.15) is 0 Å². The first-order valence-corrected chi connectivity index (χ1v) is 20.1. The minimum Gasteiger partial charge on any atom is -0.444 e. The third-order valence-corrected chi connectivity index (χ3v) is 9.56. The molecule has 12 nitrogen and oxygen atoms in total. The minimum atomic E-state index is -0.999. The number of unbranched alkanes of at least 4 members (excludes halogenated alkanes) is 2. The summed E-state index contributed by atoms with van der Waals surface area (Å²) < 4.78 is 13.4. The van der Waals surface area contributed by atoms with Crippen molar-refractivity contribution in [1.82, 2.24) is 30.8 Å². The Morgan fingerprint density at radius 3 is 2.17 bits per heavy atom. The molecule has 1 aromatic heterocycles. The second-order valence-corrected chi connectivity index (χ2v) is 16.7. The Bertz CT molecular complexity index is 1440. The number of aromatic nitrogens is 2. The molecule has 1 aliphatic carbocycles. The molecule has 1 fully saturated rings. The normalized spacial score (nSPS) is 14.9. The third kappa shape index (κ3) is 18.4. The fraction of sp³-hybridized carbons (Fsp3) is 0.690. The predicted molar refractivity (Wildman–Crippen MR) is 212 cm³/mol. The first-order valence-electron chi connectivity index (χ1n) is 20.1. The lowest BCUT2D eigenvalue weighted by Gasteiger charge is -2.27. The van der Waals surface area contributed by atoms with Gasteiger partial charge in [0.2, 0.25) is 17.7 Å². The summed E-state index contributed by atoms with van der Waals surface area (Å²) in [5.74, 6) is 0.595. The van der Waals surface area contributed by atoms with Crippen molar-refractivity contribution in [3.63, 3.8) is 0 Å². The Morgan fingerprint density at radius 1 is 0.815 bits per heavy atom. The van der Waals surface area contributed by atoms with Crippen LogP contribution in [0.15, 0.2) is 36.7 Å². The minimum absolute atomic E-state index is 0.0472. The number of imidazole rings is 1. The van der Waals surface area contributed by atoms with E-state index in [1.165, 1.54) is 37.7 Å². The summed E-state index contributed by atoms with van der Waals surface area (Å²) in [4.78, 5) is 56.9. The maximum absolute atomic E-state index is 13.8. The van der Waals surface area contributed by atoms with Crippen LogP contribution in [0.1, 0.15) is 129 Å². The van der Waals surface area contributed by atoms with Crippen molar-refractivity contribution in [3.8, 4) is 0 Å². The molecule has 0 bridgehead atoms. The van der Waals surface area contributed by atoms with Crippen molar-refractivity contribution in [2.45, 2.75) is 162 Å². The van der Waals surface area contributed by atoms with Crippen molar-refractivity contribution in [2.24, 2.45) is 5.92 Å². The lowest BCUT2D eigenvalue weighted by molar-refractivity contribution is -0.134. The highest BCUT2D eigenvalue weighted by molar-refractivity contribution is 5.92. The van der Waals surface area contributed by atoms with Crippen LogP contribution in [0.2, 0.25) is 0 Å². The van der Waals surface area contributed by atoms with E-state index in [1.54, 1.807) is 20.8 Å². The first-order chi connectivity index (χ1) is 25.6. The van der Waals surface area contributed by atoms with Gasteiger partial charge in [0.1, 0.15) is 23.5 Å². The first kappa shape index (κ1) is 44.5. The molecule has 1 aromatic carbocycles. The molecule has 0 saturated heterocycles. The van der Waals surface area contributed by atoms with Crippen molar-refractivity contribution in [3.05, 3.63) is 53.6 Å². The number of ether oxygens (including phenoxy) is 2. The van der Waals surface area contributed by atoms with E-state index in [0.717, 1.165) is 43.6 Å². The fourth-order valence-electron chi connectivity index (χ4n) is 6.54. The highest BCUT2D eigenvalue weighted by Gasteiger charge is 2.29. The second kappa shape index (κ2) is 22.4. The number of carbonyl (C=O) groups is 4. The Morgan fingerprint density at radius 2 is 1.52 bits per heavy atom. The monoisotopic (exact) mass is 753 g/mol. The van der Waals surface area contributed by atoms with E-state index < -0.39 is 35.3 Å². The van der Waals surface area contributed by atoms with Crippen molar-refractivity contribution in [1.29, 1.82) is 0 Å². The van der Waals surface area contributed by atoms with Crippen LogP contribution in [-0.4, -0.2) is 76.3 Å². The van der Waals surface area contributed by atoms with E-state index >= 15 is 0 Å². The fourth-order valence-corrected chi connectivity index (χ4v) is 6.54. The average Bonchev–Trinajstić information content (AvgIpc) is 3.51. The number of hydrogen-bond donors (Lipinski definition) is 4. The zero-order chi connectivity index (χ0) is 39.6. The Hall–Kier alpha value is -3.93. The van der Waals surface area contributed by atoms with Gasteiger partial charge in [-0.3, -0.25) is 14.4 Å². The van der Waals surface area contributed by atoms with Crippen LogP contribution in [-0.2, 0) is 43.2 Å². The van der Waals surface area contributed by atoms with Gasteiger partial charge < -0.3 is 35.3 Å². The molecule has 302 valence electrons. The number of carbonyl (C=O) groups excluding carboxylic acids is 4. The summed E-state index contributed by atoms with van der Waals surface area (Å²) in [5, 5.41) is 11.6. The van der Waals surface area contributed by atoms with Crippen molar-refractivity contribution in [2.75, 3.05) is 19.7 Å². The maximum atomic E-state index is 13.8. The van der Waals surface area contributed by atoms with Gasteiger partial charge in [0, 0.05) is 32.0 Å². The van der Waals surface area contributed by atoms with Gasteiger partial charge in [-0.25, -0.2) is 9.78 Å². The third-order valence-electron chi connectivity index (χ3n) is 9.56. The van der Waals surface area contributed by atoms with Crippen molar-refractivity contribution >= 4 is 23.8 Å². The molecule has 4 amide bonds. The van der Waals surface area contributed by atoms with Gasteiger partial charge in [-0.05, 0) is 110 Å². The molecule has 54 heavy (non-hydrogen) atoms. The van der Waals surface area contributed by atoms with Crippen LogP contribution in [0.3, 0.4) is 0 Å². The predicted octanol–water partition coefficient (Wildman–Crippen LogP) is 6.32. The number of hydrogen-bond acceptors (Lipinski definition) is 7. The van der Waals surface area contributed by atoms with Crippen molar-refractivity contribution < 1.29 is 28.7 Å². The van der Waals surface area contributed by atoms with Crippen LogP contribution in [0.4, 0.5) is 4.79 Å². The number of alkyl carbamates (subject to hydrolysis) is 1. The summed E-state index contributed by atoms with van der Waals surface area (Å²) in [5.41, 5.74) is 0.912. The van der Waals surface area contributed by atoms with Gasteiger partial charge in [0.05, 0.1) is 18.6 Å². The van der Waals surface area contributed by atoms with Gasteiger partial charge in [0.25, 0.3) is 0 Å². The number of nitrogens with one attached hydrogen (secondary N) is 4. The highest BCUT2D eigenvalue weighted by atomic mass is 16.6. The van der Waals surface area contributed by atoms with Crippen LogP contribution in [0, 0.1) is 12.8 Å². The largest absolute Gasteiger partial charge is 0.444 e. The van der Waals surface area contributed by atoms with Crippen LogP contribution in [0.5, 0.6) is 0 Å². The highest BCUT2D eigenvalue weighted by Crippen LogP contribution is 2.25. The molecule has 2 aromatic rings. The molecule has 0 spiro atoms. The SMILES string of the molecule is Cc1nccn1CCCCc1ccc(CC(=O)N[C@@H](COC(C)(C)C)C(=O)N[C@@H](CCCCNC(=O)OC(C)(C)C)C(=O)NCCC2CCCCC2)cc1. The summed E-state index contributed by atoms with van der Waals surface area (Å²) in [6, 6.07) is 6.22. The van der Waals surface area contributed by atoms with Crippen LogP contribution in [0.25, 0.3) is 0 Å².